The molecule has 0 aliphatic heterocycles. The molecule has 37 heavy (non-hydrogen) atoms. The number of nitrogens with one attached hydrogen (secondary N) is 1. The van der Waals surface area contributed by atoms with Crippen molar-refractivity contribution in [2.24, 2.45) is 0 Å². The van der Waals surface area contributed by atoms with Crippen molar-refractivity contribution in [1.82, 2.24) is 10.2 Å². The first-order chi connectivity index (χ1) is 17.6. The van der Waals surface area contributed by atoms with Crippen LogP contribution in [0.25, 0.3) is 0 Å². The predicted molar refractivity (Wildman–Crippen MR) is 147 cm³/mol. The number of hydrogen-bond donors (Lipinski definition) is 1. The molecule has 0 saturated heterocycles. The van der Waals surface area contributed by atoms with Crippen LogP contribution >= 0.6 is 23.2 Å². The number of rotatable bonds is 10. The van der Waals surface area contributed by atoms with Gasteiger partial charge in [-0.15, -0.1) is 0 Å². The summed E-state index contributed by atoms with van der Waals surface area (Å²) >= 11 is 12.3. The van der Waals surface area contributed by atoms with Gasteiger partial charge in [-0.1, -0.05) is 59.6 Å². The number of halogens is 2. The summed E-state index contributed by atoms with van der Waals surface area (Å²) in [6.07, 6.45) is 0. The number of anilines is 1. The molecule has 0 aliphatic rings. The van der Waals surface area contributed by atoms with Crippen LogP contribution in [0.5, 0.6) is 0 Å². The number of sulfonamides is 1. The Labute approximate surface area is 228 Å². The van der Waals surface area contributed by atoms with Crippen LogP contribution in [0.3, 0.4) is 0 Å². The van der Waals surface area contributed by atoms with Crippen LogP contribution in [0, 0.1) is 6.92 Å². The van der Waals surface area contributed by atoms with E-state index in [1.54, 1.807) is 69.3 Å². The number of nitrogens with zero attached hydrogens (tertiary/aromatic N) is 2. The summed E-state index contributed by atoms with van der Waals surface area (Å²) in [6.45, 7) is 5.04. The minimum Gasteiger partial charge on any atom is -0.355 e. The van der Waals surface area contributed by atoms with Crippen LogP contribution in [0.2, 0.25) is 10.0 Å². The number of amides is 2. The van der Waals surface area contributed by atoms with E-state index in [0.717, 1.165) is 4.31 Å². The quantitative estimate of drug-likeness (QED) is 0.375. The zero-order valence-electron chi connectivity index (χ0n) is 20.8. The van der Waals surface area contributed by atoms with Gasteiger partial charge >= 0.3 is 0 Å². The topological polar surface area (TPSA) is 86.8 Å². The molecule has 196 valence electrons. The van der Waals surface area contributed by atoms with Gasteiger partial charge in [0, 0.05) is 23.1 Å². The number of carbonyl (C=O) groups excluding carboxylic acids is 2. The van der Waals surface area contributed by atoms with Crippen LogP contribution in [0.4, 0.5) is 5.69 Å². The average Bonchev–Trinajstić information content (AvgIpc) is 2.87. The summed E-state index contributed by atoms with van der Waals surface area (Å²) in [5, 5.41) is 3.55. The first-order valence-corrected chi connectivity index (χ1v) is 13.9. The summed E-state index contributed by atoms with van der Waals surface area (Å²) in [6, 6.07) is 18.8. The van der Waals surface area contributed by atoms with Gasteiger partial charge in [0.15, 0.2) is 0 Å². The van der Waals surface area contributed by atoms with E-state index in [1.165, 1.54) is 29.2 Å². The molecular weight excluding hydrogens is 533 g/mol. The molecule has 0 fully saturated rings. The molecule has 0 heterocycles. The molecule has 0 aromatic heterocycles. The molecule has 0 saturated carbocycles. The first-order valence-electron chi connectivity index (χ1n) is 11.7. The van der Waals surface area contributed by atoms with Gasteiger partial charge in [0.2, 0.25) is 11.8 Å². The first kappa shape index (κ1) is 28.5. The van der Waals surface area contributed by atoms with Crippen molar-refractivity contribution < 1.29 is 18.0 Å². The second kappa shape index (κ2) is 12.4. The number of para-hydroxylation sites is 1. The normalized spacial score (nSPS) is 12.0. The SMILES string of the molecule is CCNC(=O)[C@H](C)N(Cc1ccccc1Cl)C(=O)CN(c1ccccc1C)S(=O)(=O)c1ccc(Cl)cc1. The molecule has 0 aliphatic carbocycles. The largest absolute Gasteiger partial charge is 0.355 e. The number of carbonyl (C=O) groups is 2. The molecule has 7 nitrogen and oxygen atoms in total. The predicted octanol–water partition coefficient (Wildman–Crippen LogP) is 5.05. The van der Waals surface area contributed by atoms with Gasteiger partial charge in [0.05, 0.1) is 10.6 Å². The molecule has 0 bridgehead atoms. The zero-order chi connectivity index (χ0) is 27.2. The van der Waals surface area contributed by atoms with Crippen molar-refractivity contribution in [3.05, 3.63) is 94.0 Å². The number of aryl methyl sites for hydroxylation is 1. The minimum absolute atomic E-state index is 0.0117. The van der Waals surface area contributed by atoms with E-state index >= 15 is 0 Å². The van der Waals surface area contributed by atoms with Gasteiger partial charge in [-0.2, -0.15) is 0 Å². The van der Waals surface area contributed by atoms with Gasteiger partial charge in [-0.25, -0.2) is 8.42 Å². The van der Waals surface area contributed by atoms with Crippen LogP contribution < -0.4 is 9.62 Å². The summed E-state index contributed by atoms with van der Waals surface area (Å²) in [7, 11) is -4.16. The lowest BCUT2D eigenvalue weighted by molar-refractivity contribution is -0.139. The highest BCUT2D eigenvalue weighted by atomic mass is 35.5. The van der Waals surface area contributed by atoms with E-state index in [-0.39, 0.29) is 17.3 Å². The van der Waals surface area contributed by atoms with E-state index in [0.29, 0.717) is 33.4 Å². The van der Waals surface area contributed by atoms with Gasteiger partial charge < -0.3 is 10.2 Å². The fourth-order valence-electron chi connectivity index (χ4n) is 3.81. The Morgan fingerprint density at radius 1 is 0.946 bits per heavy atom. The molecule has 3 aromatic rings. The van der Waals surface area contributed by atoms with Gasteiger partial charge in [-0.05, 0) is 68.3 Å². The van der Waals surface area contributed by atoms with Crippen LogP contribution in [-0.4, -0.2) is 44.3 Å². The van der Waals surface area contributed by atoms with E-state index in [2.05, 4.69) is 5.32 Å². The molecule has 1 atom stereocenters. The zero-order valence-corrected chi connectivity index (χ0v) is 23.1. The van der Waals surface area contributed by atoms with Crippen molar-refractivity contribution in [3.8, 4) is 0 Å². The Morgan fingerprint density at radius 2 is 1.57 bits per heavy atom. The molecule has 2 amide bonds. The highest BCUT2D eigenvalue weighted by molar-refractivity contribution is 7.92. The Kier molecular flexibility index (Phi) is 9.59. The lowest BCUT2D eigenvalue weighted by atomic mass is 10.1. The van der Waals surface area contributed by atoms with E-state index in [4.69, 9.17) is 23.2 Å². The lowest BCUT2D eigenvalue weighted by Crippen LogP contribution is -2.51. The Bertz CT molecular complexity index is 1360. The maximum absolute atomic E-state index is 13.8. The van der Waals surface area contributed by atoms with Crippen LogP contribution in [0.15, 0.2) is 77.7 Å². The number of hydrogen-bond acceptors (Lipinski definition) is 4. The highest BCUT2D eigenvalue weighted by Gasteiger charge is 2.33. The second-order valence-corrected chi connectivity index (χ2v) is 11.1. The van der Waals surface area contributed by atoms with Gasteiger partial charge in [-0.3, -0.25) is 13.9 Å². The second-order valence-electron chi connectivity index (χ2n) is 8.44. The van der Waals surface area contributed by atoms with Crippen molar-refractivity contribution in [3.63, 3.8) is 0 Å². The molecule has 3 aromatic carbocycles. The van der Waals surface area contributed by atoms with Gasteiger partial charge in [0.1, 0.15) is 12.6 Å². The summed E-state index contributed by atoms with van der Waals surface area (Å²) < 4.78 is 28.6. The molecule has 10 heteroatoms. The molecule has 3 rings (SSSR count). The molecule has 0 spiro atoms. The Morgan fingerprint density at radius 3 is 2.19 bits per heavy atom. The number of likely N-dealkylation sites (N-methyl/N-ethyl adjacent to an activating group) is 1. The summed E-state index contributed by atoms with van der Waals surface area (Å²) in [5.74, 6) is -0.912. The molecule has 0 unspecified atom stereocenters. The maximum Gasteiger partial charge on any atom is 0.264 e. The van der Waals surface area contributed by atoms with Gasteiger partial charge in [0.25, 0.3) is 10.0 Å². The van der Waals surface area contributed by atoms with Crippen molar-refractivity contribution in [1.29, 1.82) is 0 Å². The Hall–Kier alpha value is -3.07. The molecule has 0 radical (unpaired) electrons. The smallest absolute Gasteiger partial charge is 0.264 e. The van der Waals surface area contributed by atoms with Crippen molar-refractivity contribution in [2.75, 3.05) is 17.4 Å². The fourth-order valence-corrected chi connectivity index (χ4v) is 5.61. The monoisotopic (exact) mass is 561 g/mol. The standard InChI is InChI=1S/C27H29Cl2N3O4S/c1-4-30-27(34)20(3)31(17-21-10-6-7-11-24(21)29)26(33)18-32(25-12-8-5-9-19(25)2)37(35,36)23-15-13-22(28)14-16-23/h5-16,20H,4,17-18H2,1-3H3,(H,30,34)/t20-/m0/s1. The average molecular weight is 563 g/mol. The third kappa shape index (κ3) is 6.83. The van der Waals surface area contributed by atoms with E-state index in [9.17, 15) is 18.0 Å². The molecular formula is C27H29Cl2N3O4S. The highest BCUT2D eigenvalue weighted by Crippen LogP contribution is 2.28. The van der Waals surface area contributed by atoms with E-state index < -0.39 is 28.5 Å². The molecule has 1 N–H and O–H groups in total. The van der Waals surface area contributed by atoms with E-state index in [1.807, 2.05) is 0 Å². The van der Waals surface area contributed by atoms with Crippen molar-refractivity contribution in [2.45, 2.75) is 38.3 Å². The van der Waals surface area contributed by atoms with Crippen LogP contribution in [0.1, 0.15) is 25.0 Å². The fraction of sp³-hybridized carbons (Fsp3) is 0.259. The summed E-state index contributed by atoms with van der Waals surface area (Å²) in [5.41, 5.74) is 1.66. The maximum atomic E-state index is 13.8. The van der Waals surface area contributed by atoms with Crippen molar-refractivity contribution >= 4 is 50.7 Å². The summed E-state index contributed by atoms with van der Waals surface area (Å²) in [4.78, 5) is 27.9. The Balaban J connectivity index is 2.05. The lowest BCUT2D eigenvalue weighted by Gasteiger charge is -2.32. The third-order valence-corrected chi connectivity index (χ3v) is 8.28. The minimum atomic E-state index is -4.16. The number of benzene rings is 3. The van der Waals surface area contributed by atoms with Crippen LogP contribution in [-0.2, 0) is 26.2 Å². The third-order valence-electron chi connectivity index (χ3n) is 5.88.